The molecule has 0 aromatic heterocycles. The van der Waals surface area contributed by atoms with Crippen LogP contribution in [0.15, 0.2) is 0 Å². The Balaban J connectivity index is 2.21. The van der Waals surface area contributed by atoms with E-state index in [0.29, 0.717) is 11.8 Å². The van der Waals surface area contributed by atoms with Crippen molar-refractivity contribution in [3.8, 4) is 6.07 Å². The van der Waals surface area contributed by atoms with Crippen LogP contribution in [0.4, 0.5) is 0 Å². The van der Waals surface area contributed by atoms with E-state index >= 15 is 0 Å². The van der Waals surface area contributed by atoms with Gasteiger partial charge in [0.15, 0.2) is 0 Å². The minimum atomic E-state index is 0.378. The van der Waals surface area contributed by atoms with Gasteiger partial charge in [-0.1, -0.05) is 13.8 Å². The van der Waals surface area contributed by atoms with Crippen LogP contribution in [0.2, 0.25) is 0 Å². The van der Waals surface area contributed by atoms with E-state index in [1.54, 1.807) is 0 Å². The topological polar surface area (TPSA) is 23.8 Å². The van der Waals surface area contributed by atoms with Gasteiger partial charge in [0.2, 0.25) is 0 Å². The Bertz CT molecular complexity index is 203. The summed E-state index contributed by atoms with van der Waals surface area (Å²) in [4.78, 5) is 0. The number of nitriles is 1. The molecule has 60 valence electrons. The molecule has 0 aromatic carbocycles. The fraction of sp³-hybridized carbons (Fsp3) is 0.900. The molecule has 0 aliphatic heterocycles. The molecule has 2 fully saturated rings. The monoisotopic (exact) mass is 149 g/mol. The van der Waals surface area contributed by atoms with Crippen LogP contribution in [0.5, 0.6) is 0 Å². The first-order valence-corrected chi connectivity index (χ1v) is 4.63. The average molecular weight is 149 g/mol. The first-order chi connectivity index (χ1) is 5.24. The highest BCUT2D eigenvalue weighted by Gasteiger charge is 2.48. The van der Waals surface area contributed by atoms with Gasteiger partial charge in [-0.2, -0.15) is 5.26 Å². The van der Waals surface area contributed by atoms with Crippen molar-refractivity contribution in [1.82, 2.24) is 0 Å². The van der Waals surface area contributed by atoms with Crippen molar-refractivity contribution in [2.45, 2.75) is 26.7 Å². The summed E-state index contributed by atoms with van der Waals surface area (Å²) >= 11 is 0. The van der Waals surface area contributed by atoms with Crippen molar-refractivity contribution >= 4 is 0 Å². The third-order valence-electron chi connectivity index (χ3n) is 3.90. The molecule has 0 heterocycles. The summed E-state index contributed by atoms with van der Waals surface area (Å²) < 4.78 is 0. The normalized spacial score (nSPS) is 54.5. The maximum Gasteiger partial charge on any atom is 0.0661 e. The number of rotatable bonds is 0. The van der Waals surface area contributed by atoms with Gasteiger partial charge in [-0.15, -0.1) is 0 Å². The van der Waals surface area contributed by atoms with Gasteiger partial charge in [0.1, 0.15) is 0 Å². The molecule has 0 amide bonds. The Morgan fingerprint density at radius 2 is 2.00 bits per heavy atom. The lowest BCUT2D eigenvalue weighted by atomic mass is 9.76. The maximum atomic E-state index is 8.93. The van der Waals surface area contributed by atoms with Crippen LogP contribution in [0.25, 0.3) is 0 Å². The summed E-state index contributed by atoms with van der Waals surface area (Å²) in [7, 11) is 0. The zero-order chi connectivity index (χ0) is 8.01. The van der Waals surface area contributed by atoms with E-state index < -0.39 is 0 Å². The Kier molecular flexibility index (Phi) is 1.45. The average Bonchev–Trinajstić information content (AvgIpc) is 2.45. The Morgan fingerprint density at radius 3 is 2.45 bits per heavy atom. The second kappa shape index (κ2) is 2.24. The molecule has 0 saturated heterocycles. The van der Waals surface area contributed by atoms with Crippen LogP contribution < -0.4 is 0 Å². The third-order valence-corrected chi connectivity index (χ3v) is 3.90. The van der Waals surface area contributed by atoms with Crippen molar-refractivity contribution < 1.29 is 0 Å². The third kappa shape index (κ3) is 0.819. The minimum Gasteiger partial charge on any atom is -0.198 e. The quantitative estimate of drug-likeness (QED) is 0.519. The molecule has 0 N–H and O–H groups in total. The van der Waals surface area contributed by atoms with Crippen LogP contribution in [-0.4, -0.2) is 0 Å². The minimum absolute atomic E-state index is 0.378. The number of nitrogens with zero attached hydrogens (tertiary/aromatic N) is 1. The highest BCUT2D eigenvalue weighted by atomic mass is 14.5. The molecule has 0 radical (unpaired) electrons. The number of hydrogen-bond donors (Lipinski definition) is 0. The van der Waals surface area contributed by atoms with Crippen LogP contribution in [-0.2, 0) is 0 Å². The van der Waals surface area contributed by atoms with Crippen LogP contribution in [0.1, 0.15) is 26.7 Å². The molecular formula is C10H15N. The molecule has 2 saturated carbocycles. The Morgan fingerprint density at radius 1 is 1.27 bits per heavy atom. The van der Waals surface area contributed by atoms with E-state index in [1.165, 1.54) is 12.8 Å². The molecule has 0 spiro atoms. The van der Waals surface area contributed by atoms with E-state index in [2.05, 4.69) is 19.9 Å². The van der Waals surface area contributed by atoms with Crippen LogP contribution >= 0.6 is 0 Å². The van der Waals surface area contributed by atoms with Crippen LogP contribution in [0.3, 0.4) is 0 Å². The lowest BCUT2D eigenvalue weighted by Crippen LogP contribution is -2.23. The predicted molar refractivity (Wildman–Crippen MR) is 43.6 cm³/mol. The van der Waals surface area contributed by atoms with E-state index in [-0.39, 0.29) is 0 Å². The van der Waals surface area contributed by atoms with Gasteiger partial charge >= 0.3 is 0 Å². The fourth-order valence-corrected chi connectivity index (χ4v) is 3.16. The zero-order valence-electron chi connectivity index (χ0n) is 7.25. The van der Waals surface area contributed by atoms with E-state index in [9.17, 15) is 0 Å². The van der Waals surface area contributed by atoms with Gasteiger partial charge in [0.25, 0.3) is 0 Å². The molecule has 2 aliphatic rings. The Labute approximate surface area is 68.4 Å². The van der Waals surface area contributed by atoms with E-state index in [1.807, 2.05) is 0 Å². The first-order valence-electron chi connectivity index (χ1n) is 4.63. The van der Waals surface area contributed by atoms with Gasteiger partial charge in [-0.3, -0.25) is 0 Å². The lowest BCUT2D eigenvalue weighted by molar-refractivity contribution is 0.231. The second-order valence-corrected chi connectivity index (χ2v) is 4.39. The maximum absolute atomic E-state index is 8.93. The molecule has 11 heavy (non-hydrogen) atoms. The lowest BCUT2D eigenvalue weighted by Gasteiger charge is -2.27. The molecule has 2 rings (SSSR count). The molecule has 2 aliphatic carbocycles. The fourth-order valence-electron chi connectivity index (χ4n) is 3.16. The number of fused-ring (bicyclic) bond motifs is 2. The zero-order valence-corrected chi connectivity index (χ0v) is 7.25. The molecular weight excluding hydrogens is 134 g/mol. The van der Waals surface area contributed by atoms with Crippen molar-refractivity contribution in [3.63, 3.8) is 0 Å². The van der Waals surface area contributed by atoms with E-state index in [4.69, 9.17) is 5.26 Å². The van der Waals surface area contributed by atoms with Gasteiger partial charge in [0.05, 0.1) is 12.0 Å². The summed E-state index contributed by atoms with van der Waals surface area (Å²) in [6.45, 7) is 4.56. The summed E-state index contributed by atoms with van der Waals surface area (Å²) in [6.07, 6.45) is 2.71. The van der Waals surface area contributed by atoms with E-state index in [0.717, 1.165) is 17.8 Å². The molecule has 1 heteroatoms. The highest BCUT2D eigenvalue weighted by Crippen LogP contribution is 2.54. The standard InChI is InChI=1S/C10H15N/c1-6-3-8-4-9(6)10(5-11)7(8)2/h6-10H,3-4H2,1-2H3/t6-,7-,8-,9+,10+/m1/s1. The summed E-state index contributed by atoms with van der Waals surface area (Å²) in [5, 5.41) is 8.93. The van der Waals surface area contributed by atoms with Crippen molar-refractivity contribution in [2.75, 3.05) is 0 Å². The number of hydrogen-bond acceptors (Lipinski definition) is 1. The molecule has 2 bridgehead atoms. The molecule has 0 aromatic rings. The molecule has 1 nitrogen and oxygen atoms in total. The second-order valence-electron chi connectivity index (χ2n) is 4.39. The van der Waals surface area contributed by atoms with Crippen LogP contribution in [0, 0.1) is 40.9 Å². The van der Waals surface area contributed by atoms with Gasteiger partial charge < -0.3 is 0 Å². The Hall–Kier alpha value is -0.510. The van der Waals surface area contributed by atoms with Crippen molar-refractivity contribution in [2.24, 2.45) is 29.6 Å². The van der Waals surface area contributed by atoms with Crippen molar-refractivity contribution in [1.29, 1.82) is 5.26 Å². The summed E-state index contributed by atoms with van der Waals surface area (Å²) in [5.41, 5.74) is 0. The SMILES string of the molecule is C[C@@H]1[C@H]2C[C@H]([C@H]1C#N)[C@H](C)C2. The van der Waals surface area contributed by atoms with Gasteiger partial charge in [0, 0.05) is 0 Å². The summed E-state index contributed by atoms with van der Waals surface area (Å²) in [6, 6.07) is 2.48. The highest BCUT2D eigenvalue weighted by molar-refractivity contribution is 5.05. The van der Waals surface area contributed by atoms with Crippen molar-refractivity contribution in [3.05, 3.63) is 0 Å². The largest absolute Gasteiger partial charge is 0.198 e. The molecule has 5 atom stereocenters. The molecule has 0 unspecified atom stereocenters. The van der Waals surface area contributed by atoms with Gasteiger partial charge in [-0.05, 0) is 36.5 Å². The smallest absolute Gasteiger partial charge is 0.0661 e. The first kappa shape index (κ1) is 7.16. The van der Waals surface area contributed by atoms with Gasteiger partial charge in [-0.25, -0.2) is 0 Å². The summed E-state index contributed by atoms with van der Waals surface area (Å²) in [5.74, 6) is 3.49. The predicted octanol–water partition coefficient (Wildman–Crippen LogP) is 2.44.